The number of fused-ring (bicyclic) bond motifs is 1. The summed E-state index contributed by atoms with van der Waals surface area (Å²) in [6.07, 6.45) is 9.35. The SMILES string of the molecule is CC(C)N(C(C)C)P(O[C@H]1C[C@H](n2cnc3c(N)ncnc32)O[C@@H]1CO[Si](C)(C)C(C)(C)C)N1CCC[N+]2=C1CCCCC2. The molecule has 2 N–H and O–H groups in total. The molecule has 11 nitrogen and oxygen atoms in total. The predicted octanol–water partition coefficient (Wildman–Crippen LogP) is 6.14. The smallest absolute Gasteiger partial charge is 0.324 e. The van der Waals surface area contributed by atoms with Crippen LogP contribution in [0.25, 0.3) is 11.2 Å². The van der Waals surface area contributed by atoms with Crippen LogP contribution in [0.15, 0.2) is 12.7 Å². The second-order valence-corrected chi connectivity index (χ2v) is 21.1. The first-order chi connectivity index (χ1) is 20.8. The van der Waals surface area contributed by atoms with E-state index in [1.54, 1.807) is 6.33 Å². The summed E-state index contributed by atoms with van der Waals surface area (Å²) in [4.78, 5) is 13.2. The fourth-order valence-electron chi connectivity index (χ4n) is 6.38. The van der Waals surface area contributed by atoms with Crippen LogP contribution in [-0.4, -0.2) is 98.1 Å². The summed E-state index contributed by atoms with van der Waals surface area (Å²) in [6.45, 7) is 24.4. The summed E-state index contributed by atoms with van der Waals surface area (Å²) in [6, 6.07) is 0.667. The van der Waals surface area contributed by atoms with Crippen LogP contribution in [0.3, 0.4) is 0 Å². The van der Waals surface area contributed by atoms with Gasteiger partial charge in [0, 0.05) is 31.3 Å². The molecule has 5 heterocycles. The molecule has 0 aromatic carbocycles. The lowest BCUT2D eigenvalue weighted by molar-refractivity contribution is -0.537. The Hall–Kier alpha value is -1.69. The molecule has 1 saturated heterocycles. The summed E-state index contributed by atoms with van der Waals surface area (Å²) in [7, 11) is -3.12. The Morgan fingerprint density at radius 2 is 1.82 bits per heavy atom. The van der Waals surface area contributed by atoms with Crippen molar-refractivity contribution in [1.29, 1.82) is 0 Å². The van der Waals surface area contributed by atoms with Crippen molar-refractivity contribution < 1.29 is 18.3 Å². The second-order valence-electron chi connectivity index (χ2n) is 14.7. The Kier molecular flexibility index (Phi) is 10.4. The fraction of sp³-hybridized carbons (Fsp3) is 0.806. The van der Waals surface area contributed by atoms with Gasteiger partial charge in [0.1, 0.15) is 24.2 Å². The zero-order valence-corrected chi connectivity index (χ0v) is 30.4. The molecule has 0 saturated carbocycles. The van der Waals surface area contributed by atoms with E-state index >= 15 is 0 Å². The van der Waals surface area contributed by atoms with Crippen LogP contribution in [0.2, 0.25) is 18.1 Å². The lowest BCUT2D eigenvalue weighted by Gasteiger charge is -2.42. The molecule has 0 amide bonds. The number of nitrogens with zero attached hydrogens (tertiary/aromatic N) is 7. The maximum atomic E-state index is 7.44. The van der Waals surface area contributed by atoms with Gasteiger partial charge in [-0.2, -0.15) is 0 Å². The van der Waals surface area contributed by atoms with Crippen molar-refractivity contribution in [3.05, 3.63) is 12.7 Å². The van der Waals surface area contributed by atoms with Gasteiger partial charge in [0.05, 0.1) is 38.7 Å². The van der Waals surface area contributed by atoms with E-state index in [1.807, 2.05) is 4.57 Å². The molecule has 0 spiro atoms. The molecule has 1 fully saturated rings. The van der Waals surface area contributed by atoms with E-state index in [-0.39, 0.29) is 23.5 Å². The molecule has 2 aromatic heterocycles. The van der Waals surface area contributed by atoms with Crippen LogP contribution in [0, 0.1) is 0 Å². The van der Waals surface area contributed by atoms with E-state index in [0.29, 0.717) is 42.1 Å². The predicted molar refractivity (Wildman–Crippen MR) is 180 cm³/mol. The third-order valence-corrected chi connectivity index (χ3v) is 16.9. The molecule has 0 aliphatic carbocycles. The Morgan fingerprint density at radius 1 is 1.09 bits per heavy atom. The molecule has 4 atom stereocenters. The van der Waals surface area contributed by atoms with Crippen molar-refractivity contribution in [2.45, 2.75) is 136 Å². The van der Waals surface area contributed by atoms with E-state index in [2.05, 4.69) is 90.4 Å². The van der Waals surface area contributed by atoms with Gasteiger partial charge >= 0.3 is 8.45 Å². The number of ether oxygens (including phenoxy) is 1. The monoisotopic (exact) mass is 647 g/mol. The average molecular weight is 648 g/mol. The lowest BCUT2D eigenvalue weighted by atomic mass is 10.2. The zero-order chi connectivity index (χ0) is 31.8. The minimum absolute atomic E-state index is 0.0997. The van der Waals surface area contributed by atoms with Gasteiger partial charge in [-0.1, -0.05) is 20.8 Å². The Labute approximate surface area is 266 Å². The highest BCUT2D eigenvalue weighted by molar-refractivity contribution is 7.48. The number of nitrogens with two attached hydrogens (primary N) is 1. The molecule has 246 valence electrons. The number of anilines is 1. The Balaban J connectivity index is 1.49. The summed E-state index contributed by atoms with van der Waals surface area (Å²) >= 11 is 0. The molecule has 44 heavy (non-hydrogen) atoms. The van der Waals surface area contributed by atoms with E-state index < -0.39 is 16.8 Å². The van der Waals surface area contributed by atoms with Gasteiger partial charge in [0.15, 0.2) is 19.8 Å². The van der Waals surface area contributed by atoms with Crippen molar-refractivity contribution in [2.24, 2.45) is 0 Å². The summed E-state index contributed by atoms with van der Waals surface area (Å²) in [5.41, 5.74) is 7.42. The van der Waals surface area contributed by atoms with Gasteiger partial charge in [0.2, 0.25) is 0 Å². The maximum absolute atomic E-state index is 7.44. The van der Waals surface area contributed by atoms with Crippen LogP contribution in [-0.2, 0) is 13.7 Å². The first kappa shape index (κ1) is 33.7. The van der Waals surface area contributed by atoms with E-state index in [4.69, 9.17) is 19.4 Å². The van der Waals surface area contributed by atoms with Crippen molar-refractivity contribution in [2.75, 3.05) is 32.0 Å². The fourth-order valence-corrected chi connectivity index (χ4v) is 9.85. The van der Waals surface area contributed by atoms with Gasteiger partial charge in [0.25, 0.3) is 5.84 Å². The van der Waals surface area contributed by atoms with Crippen molar-refractivity contribution >= 4 is 39.6 Å². The third-order valence-electron chi connectivity index (χ3n) is 9.77. The van der Waals surface area contributed by atoms with Gasteiger partial charge in [-0.25, -0.2) is 24.3 Å². The maximum Gasteiger partial charge on any atom is 0.324 e. The van der Waals surface area contributed by atoms with Gasteiger partial charge in [-0.3, -0.25) is 9.14 Å². The third kappa shape index (κ3) is 7.00. The number of nitrogen functional groups attached to an aromatic ring is 1. The number of amidine groups is 1. The molecule has 0 radical (unpaired) electrons. The summed E-state index contributed by atoms with van der Waals surface area (Å²) in [5.74, 6) is 1.85. The van der Waals surface area contributed by atoms with E-state index in [9.17, 15) is 0 Å². The number of aromatic nitrogens is 4. The van der Waals surface area contributed by atoms with Crippen LogP contribution >= 0.6 is 8.45 Å². The van der Waals surface area contributed by atoms with Gasteiger partial charge in [-0.05, 0) is 65.1 Å². The topological polar surface area (TPSA) is 107 Å². The zero-order valence-electron chi connectivity index (χ0n) is 28.5. The molecule has 2 aromatic rings. The van der Waals surface area contributed by atoms with Crippen molar-refractivity contribution in [3.63, 3.8) is 0 Å². The highest BCUT2D eigenvalue weighted by atomic mass is 31.2. The van der Waals surface area contributed by atoms with Crippen LogP contribution in [0.5, 0.6) is 0 Å². The molecular weight excluding hydrogens is 591 g/mol. The minimum Gasteiger partial charge on any atom is -0.414 e. The normalized spacial score (nSPS) is 24.5. The summed E-state index contributed by atoms with van der Waals surface area (Å²) < 4.78 is 30.9. The number of hydrogen-bond donors (Lipinski definition) is 1. The molecule has 3 aliphatic rings. The Bertz CT molecular complexity index is 1300. The number of imidazole rings is 1. The molecule has 3 aliphatic heterocycles. The van der Waals surface area contributed by atoms with Crippen LogP contribution < -0.4 is 5.73 Å². The van der Waals surface area contributed by atoms with E-state index in [0.717, 1.165) is 32.5 Å². The lowest BCUT2D eigenvalue weighted by Crippen LogP contribution is -2.48. The van der Waals surface area contributed by atoms with E-state index in [1.165, 1.54) is 31.4 Å². The standard InChI is InChI=1S/C31H56N8O3PSi/c1-22(2)39(23(3)4)43(38-17-13-16-36-15-12-10-11-14-26(36)38)42-24-18-27(37-21-35-28-29(32)33-20-34-30(28)37)41-25(24)19-40-44(8,9)31(5,6)7/h20-25,27H,10-19H2,1-9H3,(H2,32,33,34)/q+1/t24-,25+,27+,43?/m0/s1. The van der Waals surface area contributed by atoms with Crippen molar-refractivity contribution in [1.82, 2.24) is 28.9 Å². The minimum atomic E-state index is -2.02. The molecule has 5 rings (SSSR count). The largest absolute Gasteiger partial charge is 0.414 e. The van der Waals surface area contributed by atoms with Crippen LogP contribution in [0.4, 0.5) is 5.82 Å². The number of rotatable bonds is 10. The van der Waals surface area contributed by atoms with Gasteiger partial charge < -0.3 is 19.4 Å². The molecule has 0 bridgehead atoms. The molecular formula is C31H56N8O3PSi+. The average Bonchev–Trinajstić information content (AvgIpc) is 3.47. The van der Waals surface area contributed by atoms with Crippen LogP contribution in [0.1, 0.15) is 93.2 Å². The first-order valence-corrected chi connectivity index (χ1v) is 20.7. The molecule has 13 heteroatoms. The first-order valence-electron chi connectivity index (χ1n) is 16.6. The summed E-state index contributed by atoms with van der Waals surface area (Å²) in [5, 5.41) is 0.0997. The quantitative estimate of drug-likeness (QED) is 0.185. The molecule has 1 unspecified atom stereocenters. The van der Waals surface area contributed by atoms with Gasteiger partial charge in [-0.15, -0.1) is 0 Å². The highest BCUT2D eigenvalue weighted by Gasteiger charge is 2.48. The Morgan fingerprint density at radius 3 is 2.52 bits per heavy atom. The number of hydrogen-bond acceptors (Lipinski definition) is 9. The van der Waals surface area contributed by atoms with Crippen molar-refractivity contribution in [3.8, 4) is 0 Å². The second kappa shape index (κ2) is 13.6. The highest BCUT2D eigenvalue weighted by Crippen LogP contribution is 2.53.